The number of anilines is 1. The van der Waals surface area contributed by atoms with Gasteiger partial charge in [0.15, 0.2) is 11.5 Å². The number of nitrogen functional groups attached to an aromatic ring is 1. The van der Waals surface area contributed by atoms with Gasteiger partial charge < -0.3 is 15.7 Å². The van der Waals surface area contributed by atoms with Gasteiger partial charge in [-0.1, -0.05) is 0 Å². The number of imidazole rings is 1. The Bertz CT molecular complexity index is 1100. The van der Waals surface area contributed by atoms with Crippen molar-refractivity contribution in [1.82, 2.24) is 24.5 Å². The molecule has 1 unspecified atom stereocenters. The number of carbonyl (C=O) groups excluding carboxylic acids is 1. The molecule has 1 aliphatic carbocycles. The van der Waals surface area contributed by atoms with Crippen molar-refractivity contribution >= 4 is 17.4 Å². The van der Waals surface area contributed by atoms with E-state index in [1.807, 2.05) is 17.0 Å². The second-order valence-electron chi connectivity index (χ2n) is 7.81. The molecular weight excluding hydrogens is 356 g/mol. The van der Waals surface area contributed by atoms with Crippen molar-refractivity contribution in [3.8, 4) is 11.3 Å². The Morgan fingerprint density at radius 2 is 2.04 bits per heavy atom. The van der Waals surface area contributed by atoms with Crippen LogP contribution in [0.25, 0.3) is 16.9 Å². The number of benzene rings is 1. The summed E-state index contributed by atoms with van der Waals surface area (Å²) in [4.78, 5) is 23.3. The molecule has 144 valence electrons. The summed E-state index contributed by atoms with van der Waals surface area (Å²) in [6.07, 6.45) is 4.68. The molecule has 3 heterocycles. The molecule has 1 fully saturated rings. The van der Waals surface area contributed by atoms with Crippen LogP contribution in [0.3, 0.4) is 0 Å². The third-order valence-electron chi connectivity index (χ3n) is 5.94. The molecule has 8 heteroatoms. The summed E-state index contributed by atoms with van der Waals surface area (Å²) in [6.45, 7) is 4.37. The minimum absolute atomic E-state index is 0.0153. The van der Waals surface area contributed by atoms with Crippen molar-refractivity contribution in [3.63, 3.8) is 0 Å². The number of nitrogens with zero attached hydrogens (tertiary/aromatic N) is 5. The molecule has 2 aliphatic rings. The van der Waals surface area contributed by atoms with Crippen LogP contribution in [-0.4, -0.2) is 41.5 Å². The maximum atomic E-state index is 13.1. The van der Waals surface area contributed by atoms with Gasteiger partial charge in [-0.15, -0.1) is 0 Å². The fraction of sp³-hybridized carbons (Fsp3) is 0.400. The molecule has 1 aromatic carbocycles. The number of fused-ring (bicyclic) bond motifs is 2. The van der Waals surface area contributed by atoms with E-state index in [-0.39, 0.29) is 11.9 Å². The summed E-state index contributed by atoms with van der Waals surface area (Å²) < 4.78 is 1.64. The van der Waals surface area contributed by atoms with E-state index >= 15 is 0 Å². The highest BCUT2D eigenvalue weighted by Crippen LogP contribution is 2.40. The van der Waals surface area contributed by atoms with Gasteiger partial charge in [-0.3, -0.25) is 4.79 Å². The zero-order valence-corrected chi connectivity index (χ0v) is 15.8. The van der Waals surface area contributed by atoms with Crippen LogP contribution in [0.1, 0.15) is 54.3 Å². The van der Waals surface area contributed by atoms with Crippen molar-refractivity contribution in [2.75, 3.05) is 5.73 Å². The lowest BCUT2D eigenvalue weighted by Crippen LogP contribution is -2.35. The third kappa shape index (κ3) is 2.48. The highest BCUT2D eigenvalue weighted by Gasteiger charge is 2.40. The number of carbonyl (C=O) groups is 1. The van der Waals surface area contributed by atoms with E-state index in [0.717, 1.165) is 16.8 Å². The molecule has 28 heavy (non-hydrogen) atoms. The quantitative estimate of drug-likeness (QED) is 0.720. The molecule has 0 radical (unpaired) electrons. The van der Waals surface area contributed by atoms with E-state index in [1.165, 1.54) is 19.2 Å². The molecule has 2 aromatic heterocycles. The van der Waals surface area contributed by atoms with Gasteiger partial charge in [-0.05, 0) is 55.9 Å². The van der Waals surface area contributed by atoms with Crippen molar-refractivity contribution in [2.45, 2.75) is 45.4 Å². The van der Waals surface area contributed by atoms with Crippen LogP contribution in [0.5, 0.6) is 0 Å². The van der Waals surface area contributed by atoms with Gasteiger partial charge in [0.25, 0.3) is 5.91 Å². The Hall–Kier alpha value is -3.00. The van der Waals surface area contributed by atoms with E-state index in [9.17, 15) is 9.90 Å². The summed E-state index contributed by atoms with van der Waals surface area (Å²) in [6, 6.07) is 4.07. The number of rotatable bonds is 4. The number of amides is 1. The first-order chi connectivity index (χ1) is 13.5. The summed E-state index contributed by atoms with van der Waals surface area (Å²) in [7, 11) is 0. The molecule has 3 aromatic rings. The number of aliphatic hydroxyl groups excluding tert-OH is 1. The summed E-state index contributed by atoms with van der Waals surface area (Å²) in [5.74, 6) is 0.908. The van der Waals surface area contributed by atoms with Crippen LogP contribution in [-0.2, 0) is 6.54 Å². The van der Waals surface area contributed by atoms with Crippen LogP contribution in [0.2, 0.25) is 0 Å². The van der Waals surface area contributed by atoms with Crippen molar-refractivity contribution in [1.29, 1.82) is 0 Å². The van der Waals surface area contributed by atoms with E-state index in [0.29, 0.717) is 35.1 Å². The largest absolute Gasteiger partial charge is 0.389 e. The van der Waals surface area contributed by atoms with Crippen LogP contribution in [0.4, 0.5) is 5.82 Å². The fourth-order valence-electron chi connectivity index (χ4n) is 4.18. The van der Waals surface area contributed by atoms with E-state index in [1.54, 1.807) is 17.6 Å². The van der Waals surface area contributed by atoms with Gasteiger partial charge in [-0.2, -0.15) is 5.10 Å². The molecule has 0 spiro atoms. The lowest BCUT2D eigenvalue weighted by atomic mass is 9.95. The van der Waals surface area contributed by atoms with Crippen LogP contribution in [0.15, 0.2) is 24.7 Å². The number of hydrogen-bond acceptors (Lipinski definition) is 6. The number of aromatic nitrogens is 4. The summed E-state index contributed by atoms with van der Waals surface area (Å²) in [5.41, 5.74) is 10.2. The van der Waals surface area contributed by atoms with E-state index in [2.05, 4.69) is 22.0 Å². The zero-order valence-electron chi connectivity index (χ0n) is 15.8. The van der Waals surface area contributed by atoms with Gasteiger partial charge >= 0.3 is 0 Å². The Kier molecular flexibility index (Phi) is 3.67. The van der Waals surface area contributed by atoms with Crippen molar-refractivity contribution < 1.29 is 9.90 Å². The van der Waals surface area contributed by atoms with Gasteiger partial charge in [-0.25, -0.2) is 14.5 Å². The molecule has 5 rings (SSSR count). The average Bonchev–Trinajstić information content (AvgIpc) is 3.35. The second kappa shape index (κ2) is 6.00. The molecule has 0 bridgehead atoms. The predicted octanol–water partition coefficient (Wildman–Crippen LogP) is 2.18. The molecule has 1 aliphatic heterocycles. The molecule has 2 atom stereocenters. The first kappa shape index (κ1) is 17.1. The normalized spacial score (nSPS) is 18.5. The maximum absolute atomic E-state index is 13.1. The highest BCUT2D eigenvalue weighted by molar-refractivity contribution is 6.01. The monoisotopic (exact) mass is 378 g/mol. The van der Waals surface area contributed by atoms with Gasteiger partial charge in [0.05, 0.1) is 23.6 Å². The second-order valence-corrected chi connectivity index (χ2v) is 7.81. The van der Waals surface area contributed by atoms with Gasteiger partial charge in [0.1, 0.15) is 6.33 Å². The third-order valence-corrected chi connectivity index (χ3v) is 5.94. The first-order valence-corrected chi connectivity index (χ1v) is 9.56. The van der Waals surface area contributed by atoms with Crippen molar-refractivity contribution in [3.05, 3.63) is 41.3 Å². The SMILES string of the molecule is CC(O)c1cc(-c2cnc3c(N)ncnn23)cc2c1C(=O)N([C@@H](C)C1CC1)C2. The Morgan fingerprint density at radius 3 is 2.75 bits per heavy atom. The van der Waals surface area contributed by atoms with Gasteiger partial charge in [0.2, 0.25) is 0 Å². The van der Waals surface area contributed by atoms with Crippen molar-refractivity contribution in [2.24, 2.45) is 5.92 Å². The topological polar surface area (TPSA) is 110 Å². The number of aliphatic hydroxyl groups is 1. The number of nitrogens with two attached hydrogens (primary N) is 1. The minimum atomic E-state index is -0.757. The highest BCUT2D eigenvalue weighted by atomic mass is 16.3. The smallest absolute Gasteiger partial charge is 0.255 e. The predicted molar refractivity (Wildman–Crippen MR) is 103 cm³/mol. The van der Waals surface area contributed by atoms with E-state index in [4.69, 9.17) is 5.73 Å². The molecule has 1 amide bonds. The Labute approximate surface area is 162 Å². The van der Waals surface area contributed by atoms with Crippen LogP contribution >= 0.6 is 0 Å². The lowest BCUT2D eigenvalue weighted by molar-refractivity contribution is 0.0693. The van der Waals surface area contributed by atoms with E-state index < -0.39 is 6.10 Å². The number of hydrogen-bond donors (Lipinski definition) is 2. The summed E-state index contributed by atoms with van der Waals surface area (Å²) in [5, 5.41) is 14.7. The fourth-order valence-corrected chi connectivity index (χ4v) is 4.18. The standard InChI is InChI=1S/C20H22N6O2/c1-10(12-3-4-12)25-8-14-5-13(6-15(11(2)27)17(14)20(25)28)16-7-22-19-18(21)23-9-24-26(16)19/h5-7,9-12,27H,3-4,8H2,1-2H3,(H2,21,23,24)/t10-,11?/m0/s1. The zero-order chi connectivity index (χ0) is 19.6. The Balaban J connectivity index is 1.64. The molecule has 8 nitrogen and oxygen atoms in total. The molecular formula is C20H22N6O2. The molecule has 1 saturated carbocycles. The van der Waals surface area contributed by atoms with Crippen LogP contribution in [0, 0.1) is 5.92 Å². The summed E-state index contributed by atoms with van der Waals surface area (Å²) >= 11 is 0. The average molecular weight is 378 g/mol. The molecule has 3 N–H and O–H groups in total. The first-order valence-electron chi connectivity index (χ1n) is 9.56. The minimum Gasteiger partial charge on any atom is -0.389 e. The van der Waals surface area contributed by atoms with Gasteiger partial charge in [0, 0.05) is 18.2 Å². The maximum Gasteiger partial charge on any atom is 0.255 e. The lowest BCUT2D eigenvalue weighted by Gasteiger charge is -2.24. The Morgan fingerprint density at radius 1 is 1.25 bits per heavy atom. The molecule has 0 saturated heterocycles. The van der Waals surface area contributed by atoms with Crippen LogP contribution < -0.4 is 5.73 Å².